The molecule has 6 heteroatoms. The summed E-state index contributed by atoms with van der Waals surface area (Å²) in [5, 5.41) is 3.42. The van der Waals surface area contributed by atoms with Crippen LogP contribution in [0.25, 0.3) is 11.1 Å². The number of nitrogens with one attached hydrogen (secondary N) is 1. The quantitative estimate of drug-likeness (QED) is 0.569. The van der Waals surface area contributed by atoms with Gasteiger partial charge in [-0.05, 0) is 36.4 Å². The van der Waals surface area contributed by atoms with Crippen LogP contribution < -0.4 is 11.1 Å². The van der Waals surface area contributed by atoms with Crippen LogP contribution in [-0.2, 0) is 0 Å². The molecule has 0 aliphatic heterocycles. The summed E-state index contributed by atoms with van der Waals surface area (Å²) in [6.45, 7) is 1.77. The first-order valence-electron chi connectivity index (χ1n) is 7.16. The molecular weight excluding hydrogens is 294 g/mol. The van der Waals surface area contributed by atoms with Gasteiger partial charge in [-0.3, -0.25) is 9.59 Å². The summed E-state index contributed by atoms with van der Waals surface area (Å²) in [4.78, 5) is 27.9. The molecule has 0 bridgehead atoms. The van der Waals surface area contributed by atoms with Gasteiger partial charge in [0.15, 0.2) is 11.5 Å². The number of hydrogen-bond acceptors (Lipinski definition) is 5. The lowest BCUT2D eigenvalue weighted by molar-refractivity contribution is 0.0962. The Bertz CT molecular complexity index is 882. The zero-order valence-corrected chi connectivity index (χ0v) is 12.5. The average Bonchev–Trinajstić information content (AvgIpc) is 2.98. The normalized spacial score (nSPS) is 10.7. The number of fused-ring (bicyclic) bond motifs is 1. The van der Waals surface area contributed by atoms with Crippen LogP contribution in [0.15, 0.2) is 47.0 Å². The number of pyridine rings is 1. The predicted octanol–water partition coefficient (Wildman–Crippen LogP) is 3.26. The lowest BCUT2D eigenvalue weighted by atomic mass is 10.2. The fourth-order valence-electron chi connectivity index (χ4n) is 2.15. The molecule has 1 aromatic carbocycles. The van der Waals surface area contributed by atoms with E-state index >= 15 is 0 Å². The third-order valence-corrected chi connectivity index (χ3v) is 3.40. The Morgan fingerprint density at radius 1 is 1.22 bits per heavy atom. The number of Topliss-reactive ketones (excluding diaryl/α,β-unsaturated/α-hetero) is 1. The Balaban J connectivity index is 1.84. The summed E-state index contributed by atoms with van der Waals surface area (Å²) in [6.07, 6.45) is 1.85. The maximum absolute atomic E-state index is 12.2. The fourth-order valence-corrected chi connectivity index (χ4v) is 2.15. The minimum Gasteiger partial charge on any atom is -0.435 e. The molecule has 116 valence electrons. The predicted molar refractivity (Wildman–Crippen MR) is 87.4 cm³/mol. The van der Waals surface area contributed by atoms with Crippen molar-refractivity contribution in [2.45, 2.75) is 13.3 Å². The summed E-state index contributed by atoms with van der Waals surface area (Å²) < 4.78 is 5.39. The van der Waals surface area contributed by atoms with E-state index in [2.05, 4.69) is 10.3 Å². The highest BCUT2D eigenvalue weighted by molar-refractivity contribution is 6.05. The first-order valence-corrected chi connectivity index (χ1v) is 7.16. The summed E-state index contributed by atoms with van der Waals surface area (Å²) in [7, 11) is 0. The summed E-state index contributed by atoms with van der Waals surface area (Å²) in [6, 6.07) is 9.96. The molecule has 1 amide bonds. The number of nitrogens with two attached hydrogens (primary N) is 1. The molecule has 0 saturated heterocycles. The Morgan fingerprint density at radius 3 is 2.65 bits per heavy atom. The van der Waals surface area contributed by atoms with E-state index in [9.17, 15) is 9.59 Å². The average molecular weight is 309 g/mol. The molecule has 3 N–H and O–H groups in total. The molecule has 0 atom stereocenters. The number of carbonyl (C=O) groups is 2. The van der Waals surface area contributed by atoms with E-state index in [0.29, 0.717) is 34.5 Å². The Morgan fingerprint density at radius 2 is 1.96 bits per heavy atom. The summed E-state index contributed by atoms with van der Waals surface area (Å²) in [5.41, 5.74) is 7.58. The molecule has 0 radical (unpaired) electrons. The van der Waals surface area contributed by atoms with E-state index in [1.54, 1.807) is 43.3 Å². The molecule has 0 aliphatic carbocycles. The summed E-state index contributed by atoms with van der Waals surface area (Å²) in [5.74, 6) is -0.0769. The monoisotopic (exact) mass is 309 g/mol. The first kappa shape index (κ1) is 14.8. The number of hydrogen-bond donors (Lipinski definition) is 2. The zero-order chi connectivity index (χ0) is 16.4. The second-order valence-electron chi connectivity index (χ2n) is 5.08. The highest BCUT2D eigenvalue weighted by Crippen LogP contribution is 2.22. The standard InChI is InChI=1S/C17H15N3O3/c1-2-14(21)15-8-11-7-13(9-19-17(11)23-15)20-16(22)10-3-5-12(18)6-4-10/h3-9H,2,18H2,1H3,(H,20,22). The van der Waals surface area contributed by atoms with Crippen molar-refractivity contribution >= 4 is 34.2 Å². The van der Waals surface area contributed by atoms with E-state index in [0.717, 1.165) is 0 Å². The molecular formula is C17H15N3O3. The van der Waals surface area contributed by atoms with Crippen LogP contribution in [0, 0.1) is 0 Å². The molecule has 3 aromatic rings. The van der Waals surface area contributed by atoms with Gasteiger partial charge in [0.05, 0.1) is 11.9 Å². The fraction of sp³-hybridized carbons (Fsp3) is 0.118. The van der Waals surface area contributed by atoms with Gasteiger partial charge in [0.25, 0.3) is 5.91 Å². The molecule has 2 aromatic heterocycles. The van der Waals surface area contributed by atoms with Gasteiger partial charge >= 0.3 is 0 Å². The molecule has 3 rings (SSSR count). The lowest BCUT2D eigenvalue weighted by Gasteiger charge is -2.05. The van der Waals surface area contributed by atoms with E-state index in [1.807, 2.05) is 0 Å². The third kappa shape index (κ3) is 3.06. The van der Waals surface area contributed by atoms with Gasteiger partial charge in [0.1, 0.15) is 0 Å². The van der Waals surface area contributed by atoms with Crippen LogP contribution in [0.1, 0.15) is 34.3 Å². The number of aromatic nitrogens is 1. The number of rotatable bonds is 4. The second-order valence-corrected chi connectivity index (χ2v) is 5.08. The Hall–Kier alpha value is -3.15. The van der Waals surface area contributed by atoms with E-state index in [1.165, 1.54) is 6.20 Å². The number of ketones is 1. The van der Waals surface area contributed by atoms with Gasteiger partial charge in [-0.15, -0.1) is 0 Å². The lowest BCUT2D eigenvalue weighted by Crippen LogP contribution is -2.11. The van der Waals surface area contributed by atoms with Crippen molar-refractivity contribution in [3.05, 3.63) is 53.9 Å². The van der Waals surface area contributed by atoms with Gasteiger partial charge in [-0.2, -0.15) is 0 Å². The van der Waals surface area contributed by atoms with Crippen molar-refractivity contribution < 1.29 is 14.0 Å². The van der Waals surface area contributed by atoms with Crippen molar-refractivity contribution in [1.29, 1.82) is 0 Å². The van der Waals surface area contributed by atoms with E-state index in [-0.39, 0.29) is 17.5 Å². The van der Waals surface area contributed by atoms with Crippen LogP contribution in [0.2, 0.25) is 0 Å². The third-order valence-electron chi connectivity index (χ3n) is 3.40. The second kappa shape index (κ2) is 5.92. The zero-order valence-electron chi connectivity index (χ0n) is 12.5. The minimum atomic E-state index is -0.264. The topological polar surface area (TPSA) is 98.2 Å². The van der Waals surface area contributed by atoms with Gasteiger partial charge in [-0.25, -0.2) is 4.98 Å². The van der Waals surface area contributed by atoms with Crippen molar-refractivity contribution in [2.24, 2.45) is 0 Å². The molecule has 0 fully saturated rings. The maximum Gasteiger partial charge on any atom is 0.255 e. The van der Waals surface area contributed by atoms with Crippen LogP contribution in [0.5, 0.6) is 0 Å². The van der Waals surface area contributed by atoms with Crippen molar-refractivity contribution in [2.75, 3.05) is 11.1 Å². The molecule has 6 nitrogen and oxygen atoms in total. The van der Waals surface area contributed by atoms with Gasteiger partial charge in [0, 0.05) is 23.1 Å². The van der Waals surface area contributed by atoms with Crippen molar-refractivity contribution in [1.82, 2.24) is 4.98 Å². The van der Waals surface area contributed by atoms with Gasteiger partial charge in [0.2, 0.25) is 5.71 Å². The molecule has 0 unspecified atom stereocenters. The highest BCUT2D eigenvalue weighted by atomic mass is 16.4. The van der Waals surface area contributed by atoms with Gasteiger partial charge < -0.3 is 15.5 Å². The SMILES string of the molecule is CCC(=O)c1cc2cc(NC(=O)c3ccc(N)cc3)cnc2o1. The number of anilines is 2. The smallest absolute Gasteiger partial charge is 0.255 e. The van der Waals surface area contributed by atoms with Crippen LogP contribution in [-0.4, -0.2) is 16.7 Å². The maximum atomic E-state index is 12.2. The molecule has 0 aliphatic rings. The summed E-state index contributed by atoms with van der Waals surface area (Å²) >= 11 is 0. The molecule has 23 heavy (non-hydrogen) atoms. The van der Waals surface area contributed by atoms with Crippen molar-refractivity contribution in [3.63, 3.8) is 0 Å². The van der Waals surface area contributed by atoms with E-state index < -0.39 is 0 Å². The number of furan rings is 1. The Kier molecular flexibility index (Phi) is 3.80. The number of carbonyl (C=O) groups excluding carboxylic acids is 2. The molecule has 2 heterocycles. The first-order chi connectivity index (χ1) is 11.1. The molecule has 0 saturated carbocycles. The van der Waals surface area contributed by atoms with Crippen LogP contribution >= 0.6 is 0 Å². The Labute approximate surface area is 132 Å². The minimum absolute atomic E-state index is 0.0875. The molecule has 0 spiro atoms. The van der Waals surface area contributed by atoms with Gasteiger partial charge in [-0.1, -0.05) is 6.92 Å². The van der Waals surface area contributed by atoms with Crippen molar-refractivity contribution in [3.8, 4) is 0 Å². The number of nitrogens with zero attached hydrogens (tertiary/aromatic N) is 1. The van der Waals surface area contributed by atoms with Crippen LogP contribution in [0.3, 0.4) is 0 Å². The van der Waals surface area contributed by atoms with Crippen LogP contribution in [0.4, 0.5) is 11.4 Å². The highest BCUT2D eigenvalue weighted by Gasteiger charge is 2.12. The number of nitrogen functional groups attached to an aromatic ring is 1. The largest absolute Gasteiger partial charge is 0.435 e. The number of benzene rings is 1. The number of amides is 1. The van der Waals surface area contributed by atoms with E-state index in [4.69, 9.17) is 10.2 Å².